The molecule has 0 aromatic heterocycles. The van der Waals surface area contributed by atoms with Gasteiger partial charge in [-0.25, -0.2) is 0 Å². The zero-order valence-electron chi connectivity index (χ0n) is 16.7. The summed E-state index contributed by atoms with van der Waals surface area (Å²) in [4.78, 5) is 23.1. The largest absolute Gasteiger partial charge is 0.490 e. The smallest absolute Gasteiger partial charge is 0.311 e. The Morgan fingerprint density at radius 1 is 1.24 bits per heavy atom. The molecule has 0 heterocycles. The minimum atomic E-state index is -0.570. The van der Waals surface area contributed by atoms with Crippen molar-refractivity contribution in [3.05, 3.63) is 63.7 Å². The van der Waals surface area contributed by atoms with Gasteiger partial charge in [-0.3, -0.25) is 14.9 Å². The lowest BCUT2D eigenvalue weighted by Gasteiger charge is -2.26. The Kier molecular flexibility index (Phi) is 6.82. The van der Waals surface area contributed by atoms with Crippen molar-refractivity contribution in [3.8, 4) is 5.75 Å². The third kappa shape index (κ3) is 5.54. The number of nitrogens with zero attached hydrogens (tertiary/aromatic N) is 1. The van der Waals surface area contributed by atoms with Crippen molar-refractivity contribution in [2.75, 3.05) is 12.4 Å². The average Bonchev–Trinajstić information content (AvgIpc) is 2.72. The van der Waals surface area contributed by atoms with E-state index in [0.717, 1.165) is 18.4 Å². The molecule has 3 rings (SSSR count). The predicted molar refractivity (Wildman–Crippen MR) is 110 cm³/mol. The molecule has 2 aromatic carbocycles. The molecule has 1 saturated carbocycles. The van der Waals surface area contributed by atoms with Crippen molar-refractivity contribution in [3.63, 3.8) is 0 Å². The van der Waals surface area contributed by atoms with Gasteiger partial charge in [0.1, 0.15) is 0 Å². The Balaban J connectivity index is 1.64. The highest BCUT2D eigenvalue weighted by Crippen LogP contribution is 2.28. The number of carbonyl (C=O) groups is 1. The van der Waals surface area contributed by atoms with Crippen LogP contribution in [0, 0.1) is 16.0 Å². The summed E-state index contributed by atoms with van der Waals surface area (Å²) in [6.45, 7) is 2.75. The number of benzene rings is 2. The lowest BCUT2D eigenvalue weighted by atomic mass is 9.89. The van der Waals surface area contributed by atoms with Crippen LogP contribution in [-0.4, -0.2) is 24.0 Å². The summed E-state index contributed by atoms with van der Waals surface area (Å²) in [5, 5.41) is 14.0. The number of hydrogen-bond acceptors (Lipinski definition) is 5. The highest BCUT2D eigenvalue weighted by Gasteiger charge is 2.20. The van der Waals surface area contributed by atoms with Crippen molar-refractivity contribution in [1.82, 2.24) is 0 Å². The van der Waals surface area contributed by atoms with E-state index >= 15 is 0 Å². The molecule has 154 valence electrons. The second-order valence-corrected chi connectivity index (χ2v) is 7.50. The molecule has 7 nitrogen and oxygen atoms in total. The third-order valence-corrected chi connectivity index (χ3v) is 5.20. The number of hydrogen-bond donors (Lipinski definition) is 1. The van der Waals surface area contributed by atoms with Gasteiger partial charge in [-0.15, -0.1) is 0 Å². The maximum Gasteiger partial charge on any atom is 0.311 e. The van der Waals surface area contributed by atoms with E-state index in [1.54, 1.807) is 6.07 Å². The average molecular weight is 398 g/mol. The highest BCUT2D eigenvalue weighted by atomic mass is 16.6. The first-order valence-electron chi connectivity index (χ1n) is 9.80. The van der Waals surface area contributed by atoms with Gasteiger partial charge >= 0.3 is 5.69 Å². The van der Waals surface area contributed by atoms with E-state index in [1.807, 2.05) is 18.2 Å². The van der Waals surface area contributed by atoms with Gasteiger partial charge in [-0.1, -0.05) is 31.9 Å². The molecule has 1 fully saturated rings. The van der Waals surface area contributed by atoms with Crippen LogP contribution in [0.3, 0.4) is 0 Å². The van der Waals surface area contributed by atoms with E-state index in [4.69, 9.17) is 9.47 Å². The maximum atomic E-state index is 12.5. The van der Waals surface area contributed by atoms with Gasteiger partial charge in [0.15, 0.2) is 5.75 Å². The van der Waals surface area contributed by atoms with E-state index in [9.17, 15) is 14.9 Å². The van der Waals surface area contributed by atoms with E-state index in [1.165, 1.54) is 38.2 Å². The predicted octanol–water partition coefficient (Wildman–Crippen LogP) is 4.95. The molecule has 7 heteroatoms. The van der Waals surface area contributed by atoms with Crippen LogP contribution in [0.2, 0.25) is 0 Å². The molecule has 0 saturated heterocycles. The van der Waals surface area contributed by atoms with Crippen LogP contribution in [0.15, 0.2) is 42.5 Å². The normalized spacial score (nSPS) is 18.8. The fourth-order valence-electron chi connectivity index (χ4n) is 3.66. The van der Waals surface area contributed by atoms with Crippen LogP contribution in [-0.2, 0) is 11.3 Å². The van der Waals surface area contributed by atoms with Crippen LogP contribution in [0.4, 0.5) is 11.4 Å². The summed E-state index contributed by atoms with van der Waals surface area (Å²) in [5.74, 6) is 0.394. The second-order valence-electron chi connectivity index (χ2n) is 7.50. The molecule has 1 amide bonds. The number of nitro benzene ring substituents is 1. The molecule has 1 aliphatic rings. The molecule has 2 unspecified atom stereocenters. The molecule has 0 spiro atoms. The van der Waals surface area contributed by atoms with Crippen LogP contribution < -0.4 is 10.1 Å². The van der Waals surface area contributed by atoms with Gasteiger partial charge < -0.3 is 14.8 Å². The van der Waals surface area contributed by atoms with E-state index in [0.29, 0.717) is 18.2 Å². The third-order valence-electron chi connectivity index (χ3n) is 5.20. The fourth-order valence-corrected chi connectivity index (χ4v) is 3.66. The van der Waals surface area contributed by atoms with Gasteiger partial charge in [-0.2, -0.15) is 0 Å². The summed E-state index contributed by atoms with van der Waals surface area (Å²) in [5.41, 5.74) is 1.53. The van der Waals surface area contributed by atoms with Gasteiger partial charge in [0, 0.05) is 17.3 Å². The monoisotopic (exact) mass is 398 g/mol. The number of nitrogens with one attached hydrogen (secondary N) is 1. The van der Waals surface area contributed by atoms with Crippen molar-refractivity contribution in [1.29, 1.82) is 0 Å². The molecule has 0 radical (unpaired) electrons. The lowest BCUT2D eigenvalue weighted by molar-refractivity contribution is -0.385. The number of ether oxygens (including phenoxy) is 2. The Morgan fingerprint density at radius 3 is 2.79 bits per heavy atom. The second kappa shape index (κ2) is 9.52. The minimum Gasteiger partial charge on any atom is -0.490 e. The van der Waals surface area contributed by atoms with E-state index in [-0.39, 0.29) is 23.1 Å². The molecular weight excluding hydrogens is 372 g/mol. The van der Waals surface area contributed by atoms with Crippen LogP contribution in [0.1, 0.15) is 48.5 Å². The standard InChI is InChI=1S/C22H26N2O5/c1-15-5-3-8-19(11-15)29-14-16-6-4-7-18(12-16)23-22(25)17-9-10-21(28-2)20(13-17)24(26)27/h4,6-7,9-10,12-13,15,19H,3,5,8,11,14H2,1-2H3,(H,23,25). The zero-order chi connectivity index (χ0) is 20.8. The van der Waals surface area contributed by atoms with E-state index in [2.05, 4.69) is 12.2 Å². The summed E-state index contributed by atoms with van der Waals surface area (Å²) in [6.07, 6.45) is 4.95. The highest BCUT2D eigenvalue weighted by molar-refractivity contribution is 6.04. The van der Waals surface area contributed by atoms with E-state index < -0.39 is 10.8 Å². The van der Waals surface area contributed by atoms with Crippen molar-refractivity contribution in [2.45, 2.75) is 45.3 Å². The lowest BCUT2D eigenvalue weighted by Crippen LogP contribution is -2.21. The van der Waals surface area contributed by atoms with Crippen LogP contribution >= 0.6 is 0 Å². The summed E-state index contributed by atoms with van der Waals surface area (Å²) < 4.78 is 11.0. The number of carbonyl (C=O) groups excluding carboxylic acids is 1. The first-order chi connectivity index (χ1) is 14.0. The van der Waals surface area contributed by atoms with Crippen molar-refractivity contribution >= 4 is 17.3 Å². The summed E-state index contributed by atoms with van der Waals surface area (Å²) in [7, 11) is 1.35. The maximum absolute atomic E-state index is 12.5. The zero-order valence-corrected chi connectivity index (χ0v) is 16.7. The number of methoxy groups -OCH3 is 1. The van der Waals surface area contributed by atoms with Gasteiger partial charge in [0.05, 0.1) is 24.7 Å². The Morgan fingerprint density at radius 2 is 2.07 bits per heavy atom. The summed E-state index contributed by atoms with van der Waals surface area (Å²) >= 11 is 0. The quantitative estimate of drug-likeness (QED) is 0.526. The minimum absolute atomic E-state index is 0.114. The number of amides is 1. The van der Waals surface area contributed by atoms with Crippen LogP contribution in [0.25, 0.3) is 0 Å². The van der Waals surface area contributed by atoms with Gasteiger partial charge in [-0.05, 0) is 48.6 Å². The van der Waals surface area contributed by atoms with Gasteiger partial charge in [0.25, 0.3) is 5.91 Å². The SMILES string of the molecule is COc1ccc(C(=O)Nc2cccc(COC3CCCC(C)C3)c2)cc1[N+](=O)[O-]. The van der Waals surface area contributed by atoms with Gasteiger partial charge in [0.2, 0.25) is 0 Å². The molecule has 0 bridgehead atoms. The molecule has 2 atom stereocenters. The molecule has 29 heavy (non-hydrogen) atoms. The molecule has 0 aliphatic heterocycles. The number of rotatable bonds is 7. The van der Waals surface area contributed by atoms with Crippen molar-refractivity contribution in [2.24, 2.45) is 5.92 Å². The molecule has 1 N–H and O–H groups in total. The molecule has 1 aliphatic carbocycles. The first-order valence-corrected chi connectivity index (χ1v) is 9.80. The Hall–Kier alpha value is -2.93. The Bertz CT molecular complexity index is 883. The first kappa shape index (κ1) is 20.8. The summed E-state index contributed by atoms with van der Waals surface area (Å²) in [6, 6.07) is 11.6. The fraction of sp³-hybridized carbons (Fsp3) is 0.409. The topological polar surface area (TPSA) is 90.7 Å². The number of anilines is 1. The molecular formula is C22H26N2O5. The van der Waals surface area contributed by atoms with Crippen molar-refractivity contribution < 1.29 is 19.2 Å². The molecule has 2 aromatic rings. The Labute approximate surface area is 170 Å². The number of nitro groups is 1. The van der Waals surface area contributed by atoms with Crippen LogP contribution in [0.5, 0.6) is 5.75 Å².